The molecule has 1 aliphatic carbocycles. The number of hydrogen-bond acceptors (Lipinski definition) is 4. The van der Waals surface area contributed by atoms with Crippen molar-refractivity contribution in [3.05, 3.63) is 40.1 Å². The lowest BCUT2D eigenvalue weighted by atomic mass is 10.3. The van der Waals surface area contributed by atoms with Crippen molar-refractivity contribution in [1.29, 1.82) is 0 Å². The Balaban J connectivity index is 1.93. The first kappa shape index (κ1) is 14.3. The molecule has 1 saturated carbocycles. The van der Waals surface area contributed by atoms with Crippen LogP contribution < -0.4 is 10.1 Å². The molecule has 0 spiro atoms. The topological polar surface area (TPSA) is 47.0 Å². The van der Waals surface area contributed by atoms with E-state index in [2.05, 4.69) is 38.1 Å². The van der Waals surface area contributed by atoms with Crippen molar-refractivity contribution in [3.63, 3.8) is 0 Å². The smallest absolute Gasteiger partial charge is 0.227 e. The van der Waals surface area contributed by atoms with Gasteiger partial charge in [0.05, 0.1) is 5.56 Å². The SMILES string of the molecule is CCNc1nc(C2CC2)nc(Oc2ccc(Br)cc2)c1C. The molecule has 5 heteroatoms. The van der Waals surface area contributed by atoms with Crippen LogP contribution in [0.15, 0.2) is 28.7 Å². The van der Waals surface area contributed by atoms with Gasteiger partial charge in [-0.3, -0.25) is 0 Å². The van der Waals surface area contributed by atoms with E-state index >= 15 is 0 Å². The minimum absolute atomic E-state index is 0.496. The van der Waals surface area contributed by atoms with E-state index in [9.17, 15) is 0 Å². The van der Waals surface area contributed by atoms with Crippen LogP contribution in [0.1, 0.15) is 37.1 Å². The maximum Gasteiger partial charge on any atom is 0.227 e. The molecule has 1 heterocycles. The molecule has 1 N–H and O–H groups in total. The van der Waals surface area contributed by atoms with Crippen LogP contribution in [-0.2, 0) is 0 Å². The van der Waals surface area contributed by atoms with E-state index in [0.29, 0.717) is 11.8 Å². The molecule has 4 nitrogen and oxygen atoms in total. The van der Waals surface area contributed by atoms with Gasteiger partial charge in [0, 0.05) is 16.9 Å². The van der Waals surface area contributed by atoms with E-state index in [4.69, 9.17) is 4.74 Å². The highest BCUT2D eigenvalue weighted by Gasteiger charge is 2.28. The number of ether oxygens (including phenoxy) is 1. The first-order valence-corrected chi connectivity index (χ1v) is 8.02. The van der Waals surface area contributed by atoms with Crippen molar-refractivity contribution < 1.29 is 4.74 Å². The van der Waals surface area contributed by atoms with E-state index in [1.165, 1.54) is 12.8 Å². The highest BCUT2D eigenvalue weighted by Crippen LogP contribution is 2.40. The summed E-state index contributed by atoms with van der Waals surface area (Å²) in [6.45, 7) is 4.89. The molecule has 0 amide bonds. The Hall–Kier alpha value is -1.62. The molecule has 0 atom stereocenters. The van der Waals surface area contributed by atoms with Crippen molar-refractivity contribution in [2.45, 2.75) is 32.6 Å². The fourth-order valence-corrected chi connectivity index (χ4v) is 2.35. The van der Waals surface area contributed by atoms with Gasteiger partial charge in [-0.05, 0) is 51.0 Å². The van der Waals surface area contributed by atoms with Crippen LogP contribution in [0.5, 0.6) is 11.6 Å². The largest absolute Gasteiger partial charge is 0.439 e. The number of rotatable bonds is 5. The summed E-state index contributed by atoms with van der Waals surface area (Å²) in [5, 5.41) is 3.30. The molecule has 0 unspecified atom stereocenters. The van der Waals surface area contributed by atoms with Gasteiger partial charge in [-0.15, -0.1) is 0 Å². The zero-order valence-corrected chi connectivity index (χ0v) is 13.8. The molecule has 1 aliphatic rings. The number of nitrogens with zero attached hydrogens (tertiary/aromatic N) is 2. The third-order valence-electron chi connectivity index (χ3n) is 3.43. The summed E-state index contributed by atoms with van der Waals surface area (Å²) in [5.74, 6) is 3.69. The second-order valence-electron chi connectivity index (χ2n) is 5.22. The lowest BCUT2D eigenvalue weighted by Crippen LogP contribution is -2.07. The summed E-state index contributed by atoms with van der Waals surface area (Å²) in [7, 11) is 0. The minimum Gasteiger partial charge on any atom is -0.439 e. The number of halogens is 1. The number of aromatic nitrogens is 2. The number of benzene rings is 1. The van der Waals surface area contributed by atoms with Gasteiger partial charge in [0.15, 0.2) is 0 Å². The van der Waals surface area contributed by atoms with E-state index in [1.54, 1.807) is 0 Å². The van der Waals surface area contributed by atoms with E-state index in [-0.39, 0.29) is 0 Å². The second kappa shape index (κ2) is 6.02. The van der Waals surface area contributed by atoms with E-state index in [0.717, 1.165) is 34.0 Å². The Labute approximate surface area is 133 Å². The van der Waals surface area contributed by atoms with Crippen LogP contribution in [0.3, 0.4) is 0 Å². The molecule has 0 aliphatic heterocycles. The van der Waals surface area contributed by atoms with Gasteiger partial charge in [0.2, 0.25) is 5.88 Å². The number of hydrogen-bond donors (Lipinski definition) is 1. The van der Waals surface area contributed by atoms with Crippen LogP contribution in [0.2, 0.25) is 0 Å². The Morgan fingerprint density at radius 1 is 1.24 bits per heavy atom. The fourth-order valence-electron chi connectivity index (χ4n) is 2.09. The lowest BCUT2D eigenvalue weighted by Gasteiger charge is -2.13. The molecule has 110 valence electrons. The zero-order valence-electron chi connectivity index (χ0n) is 12.2. The zero-order chi connectivity index (χ0) is 14.8. The van der Waals surface area contributed by atoms with Crippen molar-refractivity contribution in [2.75, 3.05) is 11.9 Å². The summed E-state index contributed by atoms with van der Waals surface area (Å²) in [6.07, 6.45) is 2.35. The van der Waals surface area contributed by atoms with Crippen molar-refractivity contribution in [3.8, 4) is 11.6 Å². The van der Waals surface area contributed by atoms with Crippen LogP contribution in [0.25, 0.3) is 0 Å². The molecular formula is C16H18BrN3O. The highest BCUT2D eigenvalue weighted by atomic mass is 79.9. The Morgan fingerprint density at radius 2 is 1.95 bits per heavy atom. The molecule has 0 saturated heterocycles. The van der Waals surface area contributed by atoms with Crippen molar-refractivity contribution in [1.82, 2.24) is 9.97 Å². The first-order valence-electron chi connectivity index (χ1n) is 7.23. The highest BCUT2D eigenvalue weighted by molar-refractivity contribution is 9.10. The summed E-state index contributed by atoms with van der Waals surface area (Å²) in [6, 6.07) is 7.77. The Morgan fingerprint density at radius 3 is 2.57 bits per heavy atom. The Kier molecular flexibility index (Phi) is 4.10. The molecule has 1 aromatic carbocycles. The van der Waals surface area contributed by atoms with E-state index in [1.807, 2.05) is 31.2 Å². The van der Waals surface area contributed by atoms with Gasteiger partial charge in [0.25, 0.3) is 0 Å². The number of nitrogens with one attached hydrogen (secondary N) is 1. The lowest BCUT2D eigenvalue weighted by molar-refractivity contribution is 0.454. The minimum atomic E-state index is 0.496. The quantitative estimate of drug-likeness (QED) is 0.854. The molecule has 21 heavy (non-hydrogen) atoms. The third-order valence-corrected chi connectivity index (χ3v) is 3.96. The maximum absolute atomic E-state index is 5.96. The molecule has 2 aromatic rings. The van der Waals surface area contributed by atoms with E-state index < -0.39 is 0 Å². The molecule has 1 aromatic heterocycles. The molecule has 0 bridgehead atoms. The van der Waals surface area contributed by atoms with Crippen molar-refractivity contribution in [2.24, 2.45) is 0 Å². The van der Waals surface area contributed by atoms with Crippen LogP contribution >= 0.6 is 15.9 Å². The number of anilines is 1. The second-order valence-corrected chi connectivity index (χ2v) is 6.14. The summed E-state index contributed by atoms with van der Waals surface area (Å²) in [4.78, 5) is 9.24. The average molecular weight is 348 g/mol. The van der Waals surface area contributed by atoms with Crippen LogP contribution in [0, 0.1) is 6.92 Å². The van der Waals surface area contributed by atoms with Gasteiger partial charge >= 0.3 is 0 Å². The monoisotopic (exact) mass is 347 g/mol. The van der Waals surface area contributed by atoms with Crippen LogP contribution in [0.4, 0.5) is 5.82 Å². The summed E-state index contributed by atoms with van der Waals surface area (Å²) < 4.78 is 6.99. The van der Waals surface area contributed by atoms with Crippen LogP contribution in [-0.4, -0.2) is 16.5 Å². The molecular weight excluding hydrogens is 330 g/mol. The molecule has 3 rings (SSSR count). The Bertz CT molecular complexity index is 639. The van der Waals surface area contributed by atoms with Gasteiger partial charge in [-0.1, -0.05) is 15.9 Å². The predicted molar refractivity (Wildman–Crippen MR) is 87.1 cm³/mol. The maximum atomic E-state index is 5.96. The van der Waals surface area contributed by atoms with Crippen molar-refractivity contribution >= 4 is 21.7 Å². The summed E-state index contributed by atoms with van der Waals surface area (Å²) in [5.41, 5.74) is 0.948. The van der Waals surface area contributed by atoms with Gasteiger partial charge in [-0.2, -0.15) is 4.98 Å². The molecule has 0 radical (unpaired) electrons. The third kappa shape index (κ3) is 3.35. The predicted octanol–water partition coefficient (Wildman–Crippen LogP) is 4.65. The average Bonchev–Trinajstić information content (AvgIpc) is 3.30. The molecule has 1 fully saturated rings. The van der Waals surface area contributed by atoms with Gasteiger partial charge in [-0.25, -0.2) is 4.98 Å². The normalized spacial score (nSPS) is 14.0. The summed E-state index contributed by atoms with van der Waals surface area (Å²) >= 11 is 3.43. The van der Waals surface area contributed by atoms with Gasteiger partial charge in [0.1, 0.15) is 17.4 Å². The fraction of sp³-hybridized carbons (Fsp3) is 0.375. The van der Waals surface area contributed by atoms with Gasteiger partial charge < -0.3 is 10.1 Å². The standard InChI is InChI=1S/C16H18BrN3O/c1-3-18-14-10(2)16(20-15(19-14)11-4-5-11)21-13-8-6-12(17)7-9-13/h6-9,11H,3-5H2,1-2H3,(H,18,19,20). The first-order chi connectivity index (χ1) is 10.2.